The fourth-order valence-electron chi connectivity index (χ4n) is 3.21. The molecule has 0 saturated carbocycles. The summed E-state index contributed by atoms with van der Waals surface area (Å²) in [5.74, 6) is 0.636. The minimum absolute atomic E-state index is 0.0496. The maximum absolute atomic E-state index is 12.6. The lowest BCUT2D eigenvalue weighted by atomic mass is 9.95. The largest absolute Gasteiger partial charge is 0.443 e. The van der Waals surface area contributed by atoms with E-state index in [0.29, 0.717) is 12.4 Å². The van der Waals surface area contributed by atoms with Crippen LogP contribution in [0.2, 0.25) is 0 Å². The molecule has 0 radical (unpaired) electrons. The molecule has 1 fully saturated rings. The van der Waals surface area contributed by atoms with Crippen LogP contribution in [0.5, 0.6) is 0 Å². The summed E-state index contributed by atoms with van der Waals surface area (Å²) < 4.78 is 5.53. The smallest absolute Gasteiger partial charge is 0.415 e. The highest BCUT2D eigenvalue weighted by Crippen LogP contribution is 2.35. The van der Waals surface area contributed by atoms with E-state index >= 15 is 0 Å². The lowest BCUT2D eigenvalue weighted by Gasteiger charge is -2.37. The Hall–Kier alpha value is -2.11. The van der Waals surface area contributed by atoms with E-state index in [1.54, 1.807) is 18.0 Å². The van der Waals surface area contributed by atoms with Crippen molar-refractivity contribution >= 4 is 17.8 Å². The molecule has 0 unspecified atom stereocenters. The molecule has 0 spiro atoms. The molecule has 138 valence electrons. The Morgan fingerprint density at radius 1 is 1.36 bits per heavy atom. The van der Waals surface area contributed by atoms with E-state index in [2.05, 4.69) is 4.98 Å². The third-order valence-corrected chi connectivity index (χ3v) is 4.27. The van der Waals surface area contributed by atoms with Gasteiger partial charge in [0, 0.05) is 31.8 Å². The number of anilines is 1. The van der Waals surface area contributed by atoms with Gasteiger partial charge in [-0.1, -0.05) is 6.07 Å². The molecule has 0 bridgehead atoms. The zero-order valence-corrected chi connectivity index (χ0v) is 15.9. The Balaban J connectivity index is 2.38. The third kappa shape index (κ3) is 4.71. The molecule has 6 nitrogen and oxygen atoms in total. The molecule has 0 aliphatic carbocycles. The molecule has 1 aliphatic heterocycles. The molecule has 0 N–H and O–H groups in total. The van der Waals surface area contributed by atoms with Gasteiger partial charge in [-0.25, -0.2) is 9.78 Å². The Kier molecular flexibility index (Phi) is 6.03. The van der Waals surface area contributed by atoms with Crippen LogP contribution in [-0.2, 0) is 9.53 Å². The van der Waals surface area contributed by atoms with Crippen molar-refractivity contribution in [3.63, 3.8) is 0 Å². The van der Waals surface area contributed by atoms with Crippen LogP contribution in [-0.4, -0.2) is 40.6 Å². The van der Waals surface area contributed by atoms with Crippen LogP contribution in [0.1, 0.15) is 65.5 Å². The fourth-order valence-corrected chi connectivity index (χ4v) is 3.21. The summed E-state index contributed by atoms with van der Waals surface area (Å²) in [5.41, 5.74) is 0.334. The monoisotopic (exact) mass is 347 g/mol. The molecule has 2 heterocycles. The maximum atomic E-state index is 12.6. The van der Waals surface area contributed by atoms with Gasteiger partial charge >= 0.3 is 6.09 Å². The summed E-state index contributed by atoms with van der Waals surface area (Å²) in [6.45, 7) is 10.2. The van der Waals surface area contributed by atoms with E-state index in [0.717, 1.165) is 31.4 Å². The molecule has 2 rings (SSSR count). The van der Waals surface area contributed by atoms with Crippen LogP contribution < -0.4 is 4.90 Å². The van der Waals surface area contributed by atoms with Crippen LogP contribution in [0.4, 0.5) is 10.6 Å². The standard InChI is InChI=1S/C19H29N3O3/c1-6-21(18(24)25-19(3,4)5)17-15(10-9-12-20-17)16-11-7-8-13-22(16)14(2)23/h9-10,12,16H,6-8,11,13H2,1-5H3/t16-/m1/s1. The van der Waals surface area contributed by atoms with Gasteiger partial charge in [-0.2, -0.15) is 0 Å². The molecule has 2 amide bonds. The zero-order chi connectivity index (χ0) is 18.6. The van der Waals surface area contributed by atoms with Gasteiger partial charge < -0.3 is 9.64 Å². The summed E-state index contributed by atoms with van der Waals surface area (Å²) in [6, 6.07) is 3.77. The zero-order valence-electron chi connectivity index (χ0n) is 15.9. The van der Waals surface area contributed by atoms with Crippen molar-refractivity contribution in [3.05, 3.63) is 23.9 Å². The molecular weight excluding hydrogens is 318 g/mol. The SMILES string of the molecule is CCN(C(=O)OC(C)(C)C)c1ncccc1[C@H]1CCCCN1C(C)=O. The van der Waals surface area contributed by atoms with Gasteiger partial charge in [0.15, 0.2) is 0 Å². The van der Waals surface area contributed by atoms with Crippen molar-refractivity contribution in [1.29, 1.82) is 0 Å². The second-order valence-corrected chi connectivity index (χ2v) is 7.36. The summed E-state index contributed by atoms with van der Waals surface area (Å²) in [4.78, 5) is 32.6. The summed E-state index contributed by atoms with van der Waals surface area (Å²) in [5, 5.41) is 0. The molecule has 0 aromatic carbocycles. The number of carbonyl (C=O) groups excluding carboxylic acids is 2. The van der Waals surface area contributed by atoms with Crippen LogP contribution >= 0.6 is 0 Å². The quantitative estimate of drug-likeness (QED) is 0.831. The Bertz CT molecular complexity index is 625. The molecule has 1 aromatic heterocycles. The number of ether oxygens (including phenoxy) is 1. The lowest BCUT2D eigenvalue weighted by Crippen LogP contribution is -2.40. The number of pyridine rings is 1. The number of piperidine rings is 1. The Morgan fingerprint density at radius 2 is 2.08 bits per heavy atom. The average molecular weight is 347 g/mol. The minimum Gasteiger partial charge on any atom is -0.443 e. The lowest BCUT2D eigenvalue weighted by molar-refractivity contribution is -0.132. The number of hydrogen-bond acceptors (Lipinski definition) is 4. The Morgan fingerprint density at radius 3 is 2.68 bits per heavy atom. The van der Waals surface area contributed by atoms with Crippen molar-refractivity contribution in [2.45, 2.75) is 65.5 Å². The van der Waals surface area contributed by atoms with Gasteiger partial charge in [0.25, 0.3) is 0 Å². The minimum atomic E-state index is -0.574. The van der Waals surface area contributed by atoms with Crippen LogP contribution in [0.25, 0.3) is 0 Å². The average Bonchev–Trinajstić information content (AvgIpc) is 2.54. The van der Waals surface area contributed by atoms with E-state index in [1.807, 2.05) is 44.7 Å². The van der Waals surface area contributed by atoms with Gasteiger partial charge in [0.2, 0.25) is 5.91 Å². The van der Waals surface area contributed by atoms with Crippen molar-refractivity contribution in [2.24, 2.45) is 0 Å². The predicted molar refractivity (Wildman–Crippen MR) is 97.5 cm³/mol. The number of aromatic nitrogens is 1. The second kappa shape index (κ2) is 7.85. The summed E-state index contributed by atoms with van der Waals surface area (Å²) in [7, 11) is 0. The predicted octanol–water partition coefficient (Wildman–Crippen LogP) is 3.92. The normalized spacial score (nSPS) is 18.0. The van der Waals surface area contributed by atoms with Gasteiger partial charge in [-0.05, 0) is 53.0 Å². The van der Waals surface area contributed by atoms with Crippen molar-refractivity contribution < 1.29 is 14.3 Å². The number of rotatable bonds is 3. The molecule has 25 heavy (non-hydrogen) atoms. The van der Waals surface area contributed by atoms with Crippen molar-refractivity contribution in [1.82, 2.24) is 9.88 Å². The molecule has 6 heteroatoms. The molecule has 1 aromatic rings. The summed E-state index contributed by atoms with van der Waals surface area (Å²) >= 11 is 0. The fraction of sp³-hybridized carbons (Fsp3) is 0.632. The second-order valence-electron chi connectivity index (χ2n) is 7.36. The number of likely N-dealkylation sites (tertiary alicyclic amines) is 1. The topological polar surface area (TPSA) is 62.7 Å². The molecular formula is C19H29N3O3. The van der Waals surface area contributed by atoms with E-state index in [4.69, 9.17) is 4.74 Å². The first-order chi connectivity index (χ1) is 11.7. The first-order valence-corrected chi connectivity index (χ1v) is 8.97. The maximum Gasteiger partial charge on any atom is 0.415 e. The molecule has 1 saturated heterocycles. The van der Waals surface area contributed by atoms with Crippen LogP contribution in [0, 0.1) is 0 Å². The number of amides is 2. The number of carbonyl (C=O) groups is 2. The van der Waals surface area contributed by atoms with Crippen LogP contribution in [0.15, 0.2) is 18.3 Å². The van der Waals surface area contributed by atoms with E-state index in [1.165, 1.54) is 0 Å². The van der Waals surface area contributed by atoms with E-state index in [9.17, 15) is 9.59 Å². The van der Waals surface area contributed by atoms with Gasteiger partial charge in [0.05, 0.1) is 6.04 Å². The van der Waals surface area contributed by atoms with Gasteiger partial charge in [-0.3, -0.25) is 9.69 Å². The highest BCUT2D eigenvalue weighted by Gasteiger charge is 2.31. The first kappa shape index (κ1) is 19.2. The summed E-state index contributed by atoms with van der Waals surface area (Å²) in [6.07, 6.45) is 4.20. The highest BCUT2D eigenvalue weighted by molar-refractivity contribution is 5.87. The number of nitrogens with zero attached hydrogens (tertiary/aromatic N) is 3. The van der Waals surface area contributed by atoms with Crippen LogP contribution in [0.3, 0.4) is 0 Å². The van der Waals surface area contributed by atoms with Gasteiger partial charge in [-0.15, -0.1) is 0 Å². The first-order valence-electron chi connectivity index (χ1n) is 8.97. The van der Waals surface area contributed by atoms with E-state index < -0.39 is 11.7 Å². The van der Waals surface area contributed by atoms with E-state index in [-0.39, 0.29) is 11.9 Å². The number of hydrogen-bond donors (Lipinski definition) is 0. The van der Waals surface area contributed by atoms with Crippen molar-refractivity contribution in [2.75, 3.05) is 18.0 Å². The highest BCUT2D eigenvalue weighted by atomic mass is 16.6. The Labute approximate surface area is 150 Å². The van der Waals surface area contributed by atoms with Crippen molar-refractivity contribution in [3.8, 4) is 0 Å². The van der Waals surface area contributed by atoms with Gasteiger partial charge in [0.1, 0.15) is 11.4 Å². The molecule has 1 aliphatic rings. The molecule has 1 atom stereocenters. The third-order valence-electron chi connectivity index (χ3n) is 4.27.